The highest BCUT2D eigenvalue weighted by Crippen LogP contribution is 2.23. The van der Waals surface area contributed by atoms with Gasteiger partial charge in [0, 0.05) is 11.5 Å². The molecule has 24 heavy (non-hydrogen) atoms. The van der Waals surface area contributed by atoms with Crippen LogP contribution in [0.25, 0.3) is 11.0 Å². The van der Waals surface area contributed by atoms with Crippen molar-refractivity contribution in [2.75, 3.05) is 6.61 Å². The third kappa shape index (κ3) is 5.45. The predicted molar refractivity (Wildman–Crippen MR) is 94.7 cm³/mol. The zero-order valence-corrected chi connectivity index (χ0v) is 16.2. The molecule has 0 bridgehead atoms. The smallest absolute Gasteiger partial charge is 0.407 e. The van der Waals surface area contributed by atoms with Crippen LogP contribution in [0.3, 0.4) is 0 Å². The first kappa shape index (κ1) is 18.7. The summed E-state index contributed by atoms with van der Waals surface area (Å²) in [5, 5.41) is 11.3. The van der Waals surface area contributed by atoms with Gasteiger partial charge in [0.2, 0.25) is 0 Å². The van der Waals surface area contributed by atoms with Gasteiger partial charge in [-0.1, -0.05) is 0 Å². The third-order valence-electron chi connectivity index (χ3n) is 3.00. The van der Waals surface area contributed by atoms with Gasteiger partial charge in [0.1, 0.15) is 16.6 Å². The van der Waals surface area contributed by atoms with Crippen molar-refractivity contribution in [2.24, 2.45) is 7.05 Å². The van der Waals surface area contributed by atoms with Crippen LogP contribution in [0.15, 0.2) is 16.6 Å². The normalized spacial score (nSPS) is 13.1. The lowest BCUT2D eigenvalue weighted by molar-refractivity contribution is 0.0442. The molecular weight excluding hydrogens is 376 g/mol. The van der Waals surface area contributed by atoms with Crippen LogP contribution in [-0.4, -0.2) is 39.3 Å². The second-order valence-corrected chi connectivity index (χ2v) is 7.55. The van der Waals surface area contributed by atoms with Crippen LogP contribution < -0.4 is 5.32 Å². The van der Waals surface area contributed by atoms with E-state index in [-0.39, 0.29) is 6.04 Å². The van der Waals surface area contributed by atoms with E-state index in [1.165, 1.54) is 4.80 Å². The fourth-order valence-corrected chi connectivity index (χ4v) is 2.70. The number of alkyl carbamates (subject to hydrolysis) is 1. The quantitative estimate of drug-likeness (QED) is 0.836. The van der Waals surface area contributed by atoms with E-state index in [4.69, 9.17) is 9.47 Å². The summed E-state index contributed by atoms with van der Waals surface area (Å²) in [6.07, 6.45) is -0.442. The number of nitrogens with one attached hydrogen (secondary N) is 1. The minimum absolute atomic E-state index is 0.150. The maximum absolute atomic E-state index is 11.7. The number of aryl methyl sites for hydroxylation is 1. The molecule has 8 heteroatoms. The number of nitrogens with zero attached hydrogens (tertiary/aromatic N) is 3. The Bertz CT molecular complexity index is 724. The topological polar surface area (TPSA) is 78.3 Å². The van der Waals surface area contributed by atoms with E-state index < -0.39 is 11.7 Å². The number of aromatic nitrogens is 3. The minimum Gasteiger partial charge on any atom is -0.444 e. The molecule has 7 nitrogen and oxygen atoms in total. The van der Waals surface area contributed by atoms with E-state index in [0.717, 1.165) is 21.1 Å². The Morgan fingerprint density at radius 3 is 2.75 bits per heavy atom. The average Bonchev–Trinajstić information content (AvgIpc) is 2.77. The first-order chi connectivity index (χ1) is 11.1. The molecule has 1 heterocycles. The third-order valence-corrected chi connectivity index (χ3v) is 3.60. The highest BCUT2D eigenvalue weighted by molar-refractivity contribution is 9.10. The molecule has 1 N–H and O–H groups in total. The van der Waals surface area contributed by atoms with Crippen LogP contribution in [0.1, 0.15) is 33.3 Å². The SMILES string of the molecule is C[C@H](COCc1cc(Br)c2nn(C)nc2c1)NC(=O)OC(C)(C)C. The molecule has 1 aromatic heterocycles. The molecule has 0 saturated heterocycles. The molecule has 2 aromatic rings. The van der Waals surface area contributed by atoms with E-state index in [1.54, 1.807) is 7.05 Å². The molecule has 1 atom stereocenters. The lowest BCUT2D eigenvalue weighted by Gasteiger charge is -2.22. The first-order valence-electron chi connectivity index (χ1n) is 7.71. The summed E-state index contributed by atoms with van der Waals surface area (Å²) in [4.78, 5) is 13.2. The summed E-state index contributed by atoms with van der Waals surface area (Å²) in [6.45, 7) is 8.16. The first-order valence-corrected chi connectivity index (χ1v) is 8.50. The van der Waals surface area contributed by atoms with E-state index in [0.29, 0.717) is 13.2 Å². The van der Waals surface area contributed by atoms with E-state index in [2.05, 4.69) is 31.4 Å². The van der Waals surface area contributed by atoms with E-state index >= 15 is 0 Å². The van der Waals surface area contributed by atoms with Crippen LogP contribution >= 0.6 is 15.9 Å². The number of fused-ring (bicyclic) bond motifs is 1. The molecule has 0 spiro atoms. The van der Waals surface area contributed by atoms with Crippen molar-refractivity contribution >= 4 is 33.1 Å². The zero-order chi connectivity index (χ0) is 17.9. The number of hydrogen-bond acceptors (Lipinski definition) is 5. The molecule has 0 aliphatic heterocycles. The Balaban J connectivity index is 1.84. The Morgan fingerprint density at radius 2 is 2.08 bits per heavy atom. The van der Waals surface area contributed by atoms with Crippen LogP contribution in [0.4, 0.5) is 4.79 Å². The van der Waals surface area contributed by atoms with Gasteiger partial charge in [-0.3, -0.25) is 0 Å². The molecule has 0 saturated carbocycles. The zero-order valence-electron chi connectivity index (χ0n) is 14.6. The van der Waals surface area contributed by atoms with Gasteiger partial charge in [-0.05, 0) is 61.3 Å². The Morgan fingerprint density at radius 1 is 1.38 bits per heavy atom. The van der Waals surface area contributed by atoms with Crippen molar-refractivity contribution in [1.82, 2.24) is 20.3 Å². The fraction of sp³-hybridized carbons (Fsp3) is 0.562. The molecule has 132 valence electrons. The van der Waals surface area contributed by atoms with Crippen molar-refractivity contribution in [3.63, 3.8) is 0 Å². The van der Waals surface area contributed by atoms with Crippen LogP contribution in [0, 0.1) is 0 Å². The Kier molecular flexibility index (Phi) is 5.82. The van der Waals surface area contributed by atoms with Gasteiger partial charge in [0.25, 0.3) is 0 Å². The second kappa shape index (κ2) is 7.48. The summed E-state index contributed by atoms with van der Waals surface area (Å²) in [6, 6.07) is 3.76. The standard InChI is InChI=1S/C16H23BrN4O3/c1-10(18-15(22)24-16(2,3)4)8-23-9-11-6-12(17)14-13(7-11)19-21(5)20-14/h6-7,10H,8-9H2,1-5H3,(H,18,22)/t10-/m1/s1. The largest absolute Gasteiger partial charge is 0.444 e. The molecule has 1 aromatic carbocycles. The number of halogens is 1. The van der Waals surface area contributed by atoms with Gasteiger partial charge in [0.05, 0.1) is 19.3 Å². The molecule has 0 aliphatic rings. The molecule has 0 fully saturated rings. The lowest BCUT2D eigenvalue weighted by Crippen LogP contribution is -2.39. The maximum atomic E-state index is 11.7. The van der Waals surface area contributed by atoms with E-state index in [9.17, 15) is 4.79 Å². The summed E-state index contributed by atoms with van der Waals surface area (Å²) in [7, 11) is 1.78. The predicted octanol–water partition coefficient (Wildman–Crippen LogP) is 3.16. The number of rotatable bonds is 5. The van der Waals surface area contributed by atoms with E-state index in [1.807, 2.05) is 39.8 Å². The van der Waals surface area contributed by atoms with Crippen molar-refractivity contribution in [3.8, 4) is 0 Å². The highest BCUT2D eigenvalue weighted by Gasteiger charge is 2.17. The number of amides is 1. The van der Waals surface area contributed by atoms with Gasteiger partial charge in [0.15, 0.2) is 0 Å². The molecule has 2 rings (SSSR count). The van der Waals surface area contributed by atoms with Crippen molar-refractivity contribution in [1.29, 1.82) is 0 Å². The monoisotopic (exact) mass is 398 g/mol. The number of ether oxygens (including phenoxy) is 2. The molecular formula is C16H23BrN4O3. The second-order valence-electron chi connectivity index (χ2n) is 6.70. The maximum Gasteiger partial charge on any atom is 0.407 e. The van der Waals surface area contributed by atoms with Crippen LogP contribution in [0.2, 0.25) is 0 Å². The summed E-state index contributed by atoms with van der Waals surface area (Å²) in [5.74, 6) is 0. The molecule has 0 radical (unpaired) electrons. The minimum atomic E-state index is -0.511. The van der Waals surface area contributed by atoms with Gasteiger partial charge in [-0.25, -0.2) is 4.79 Å². The average molecular weight is 399 g/mol. The number of carbonyl (C=O) groups excluding carboxylic acids is 1. The van der Waals surface area contributed by atoms with Crippen LogP contribution in [-0.2, 0) is 23.1 Å². The fourth-order valence-electron chi connectivity index (χ4n) is 2.12. The van der Waals surface area contributed by atoms with Gasteiger partial charge < -0.3 is 14.8 Å². The number of carbonyl (C=O) groups is 1. The van der Waals surface area contributed by atoms with Crippen molar-refractivity contribution < 1.29 is 14.3 Å². The Labute approximate surface area is 149 Å². The van der Waals surface area contributed by atoms with Crippen LogP contribution in [0.5, 0.6) is 0 Å². The molecule has 0 aliphatic carbocycles. The highest BCUT2D eigenvalue weighted by atomic mass is 79.9. The van der Waals surface area contributed by atoms with Gasteiger partial charge in [-0.15, -0.1) is 0 Å². The molecule has 0 unspecified atom stereocenters. The Hall–Kier alpha value is -1.67. The summed E-state index contributed by atoms with van der Waals surface area (Å²) >= 11 is 3.50. The summed E-state index contributed by atoms with van der Waals surface area (Å²) < 4.78 is 11.8. The summed E-state index contributed by atoms with van der Waals surface area (Å²) in [5.41, 5.74) is 2.11. The molecule has 1 amide bonds. The van der Waals surface area contributed by atoms with Gasteiger partial charge >= 0.3 is 6.09 Å². The van der Waals surface area contributed by atoms with Crippen molar-refractivity contribution in [2.45, 2.75) is 45.9 Å². The van der Waals surface area contributed by atoms with Crippen molar-refractivity contribution in [3.05, 3.63) is 22.2 Å². The van der Waals surface area contributed by atoms with Gasteiger partial charge in [-0.2, -0.15) is 15.0 Å². The number of benzene rings is 1. The lowest BCUT2D eigenvalue weighted by atomic mass is 10.2. The number of hydrogen-bond donors (Lipinski definition) is 1.